The van der Waals surface area contributed by atoms with Gasteiger partial charge in [0.15, 0.2) is 0 Å². The summed E-state index contributed by atoms with van der Waals surface area (Å²) >= 11 is 0. The van der Waals surface area contributed by atoms with Crippen LogP contribution in [0.2, 0.25) is 0 Å². The smallest absolute Gasteiger partial charge is 0.128 e. The Hall–Kier alpha value is -2.74. The second kappa shape index (κ2) is 6.53. The van der Waals surface area contributed by atoms with Crippen LogP contribution in [0.5, 0.6) is 5.75 Å². The molecule has 0 aromatic heterocycles. The van der Waals surface area contributed by atoms with E-state index < -0.39 is 0 Å². The Morgan fingerprint density at radius 1 is 0.769 bits per heavy atom. The number of anilines is 1. The fourth-order valence-corrected chi connectivity index (χ4v) is 4.23. The molecule has 2 aliphatic rings. The molecule has 3 aromatic rings. The van der Waals surface area contributed by atoms with Crippen LogP contribution < -0.4 is 9.64 Å². The zero-order chi connectivity index (χ0) is 17.3. The quantitative estimate of drug-likeness (QED) is 0.597. The van der Waals surface area contributed by atoms with Crippen molar-refractivity contribution in [3.8, 4) is 5.75 Å². The van der Waals surface area contributed by atoms with Crippen molar-refractivity contribution < 1.29 is 4.74 Å². The van der Waals surface area contributed by atoms with Crippen molar-refractivity contribution in [2.75, 3.05) is 24.6 Å². The Balaban J connectivity index is 1.55. The summed E-state index contributed by atoms with van der Waals surface area (Å²) in [7, 11) is 0. The van der Waals surface area contributed by atoms with Gasteiger partial charge in [0.25, 0.3) is 0 Å². The Kier molecular flexibility index (Phi) is 3.89. The van der Waals surface area contributed by atoms with Crippen molar-refractivity contribution in [1.82, 2.24) is 0 Å². The van der Waals surface area contributed by atoms with Crippen LogP contribution in [0.3, 0.4) is 0 Å². The first-order valence-corrected chi connectivity index (χ1v) is 9.61. The van der Waals surface area contributed by atoms with E-state index in [-0.39, 0.29) is 0 Å². The Labute approximate surface area is 154 Å². The fraction of sp³-hybridized carbons (Fsp3) is 0.250. The summed E-state index contributed by atoms with van der Waals surface area (Å²) in [6.45, 7) is 3.00. The van der Waals surface area contributed by atoms with E-state index in [0.717, 1.165) is 5.75 Å². The maximum atomic E-state index is 5.92. The normalized spacial score (nSPS) is 16.8. The van der Waals surface area contributed by atoms with Crippen molar-refractivity contribution >= 4 is 22.0 Å². The van der Waals surface area contributed by atoms with Gasteiger partial charge in [-0.05, 0) is 65.4 Å². The van der Waals surface area contributed by atoms with Crippen LogP contribution in [-0.4, -0.2) is 19.7 Å². The second-order valence-electron chi connectivity index (χ2n) is 7.18. The summed E-state index contributed by atoms with van der Waals surface area (Å²) in [5, 5.41) is 2.52. The van der Waals surface area contributed by atoms with Crippen molar-refractivity contribution in [3.63, 3.8) is 0 Å². The van der Waals surface area contributed by atoms with Crippen molar-refractivity contribution in [2.24, 2.45) is 0 Å². The highest BCUT2D eigenvalue weighted by molar-refractivity contribution is 6.00. The number of hydrogen-bond acceptors (Lipinski definition) is 2. The molecular weight excluding hydrogens is 318 g/mol. The highest BCUT2D eigenvalue weighted by Gasteiger charge is 2.19. The van der Waals surface area contributed by atoms with Crippen LogP contribution in [0.1, 0.15) is 30.4 Å². The lowest BCUT2D eigenvalue weighted by Crippen LogP contribution is -2.29. The molecule has 0 saturated carbocycles. The Morgan fingerprint density at radius 2 is 1.58 bits per heavy atom. The number of ether oxygens (including phenoxy) is 1. The molecular formula is C24H23NO. The third kappa shape index (κ3) is 2.66. The average Bonchev–Trinajstić information content (AvgIpc) is 2.74. The third-order valence-electron chi connectivity index (χ3n) is 5.59. The standard InChI is InChI=1S/C24H23NO/c1-4-15-25(16-5-1)20-11-8-19(9-12-20)22-14-17-26-23-13-10-18-6-2-3-7-21(18)24(22)23/h2-3,6-14H,1,4-5,15-17H2. The minimum atomic E-state index is 0.633. The summed E-state index contributed by atoms with van der Waals surface area (Å²) in [6.07, 6.45) is 6.20. The zero-order valence-electron chi connectivity index (χ0n) is 14.9. The van der Waals surface area contributed by atoms with Gasteiger partial charge in [0.1, 0.15) is 12.4 Å². The Morgan fingerprint density at radius 3 is 2.42 bits per heavy atom. The van der Waals surface area contributed by atoms with E-state index in [0.29, 0.717) is 6.61 Å². The number of fused-ring (bicyclic) bond motifs is 3. The molecule has 0 aliphatic carbocycles. The van der Waals surface area contributed by atoms with Gasteiger partial charge in [0.05, 0.1) is 0 Å². The van der Waals surface area contributed by atoms with Crippen molar-refractivity contribution in [2.45, 2.75) is 19.3 Å². The molecule has 2 nitrogen and oxygen atoms in total. The molecule has 0 spiro atoms. The molecule has 0 radical (unpaired) electrons. The molecule has 5 rings (SSSR count). The van der Waals surface area contributed by atoms with E-state index in [1.165, 1.54) is 65.5 Å². The molecule has 26 heavy (non-hydrogen) atoms. The molecule has 2 heterocycles. The maximum absolute atomic E-state index is 5.92. The lowest BCUT2D eigenvalue weighted by Gasteiger charge is -2.29. The van der Waals surface area contributed by atoms with E-state index in [4.69, 9.17) is 4.74 Å². The van der Waals surface area contributed by atoms with E-state index in [9.17, 15) is 0 Å². The molecule has 3 aromatic carbocycles. The number of piperidine rings is 1. The highest BCUT2D eigenvalue weighted by atomic mass is 16.5. The van der Waals surface area contributed by atoms with Crippen molar-refractivity contribution in [3.05, 3.63) is 77.9 Å². The lowest BCUT2D eigenvalue weighted by molar-refractivity contribution is 0.358. The van der Waals surface area contributed by atoms with Crippen LogP contribution in [0.15, 0.2) is 66.7 Å². The number of rotatable bonds is 2. The Bertz CT molecular complexity index is 965. The fourth-order valence-electron chi connectivity index (χ4n) is 4.23. The number of hydrogen-bond donors (Lipinski definition) is 0. The van der Waals surface area contributed by atoms with Crippen LogP contribution in [0.4, 0.5) is 5.69 Å². The van der Waals surface area contributed by atoms with Crippen LogP contribution in [-0.2, 0) is 0 Å². The topological polar surface area (TPSA) is 12.5 Å². The van der Waals surface area contributed by atoms with E-state index in [1.54, 1.807) is 0 Å². The van der Waals surface area contributed by atoms with Crippen LogP contribution in [0, 0.1) is 0 Å². The average molecular weight is 341 g/mol. The predicted octanol–water partition coefficient (Wildman–Crippen LogP) is 5.65. The zero-order valence-corrected chi connectivity index (χ0v) is 14.9. The van der Waals surface area contributed by atoms with Gasteiger partial charge in [-0.3, -0.25) is 0 Å². The van der Waals surface area contributed by atoms with Gasteiger partial charge < -0.3 is 9.64 Å². The summed E-state index contributed by atoms with van der Waals surface area (Å²) in [5.74, 6) is 0.987. The number of nitrogens with zero attached hydrogens (tertiary/aromatic N) is 1. The predicted molar refractivity (Wildman–Crippen MR) is 109 cm³/mol. The van der Waals surface area contributed by atoms with Gasteiger partial charge in [-0.25, -0.2) is 0 Å². The first kappa shape index (κ1) is 15.5. The third-order valence-corrected chi connectivity index (χ3v) is 5.59. The first-order valence-electron chi connectivity index (χ1n) is 9.61. The minimum absolute atomic E-state index is 0.633. The molecule has 0 unspecified atom stereocenters. The summed E-state index contributed by atoms with van der Waals surface area (Å²) in [6, 6.07) is 21.9. The summed E-state index contributed by atoms with van der Waals surface area (Å²) < 4.78 is 5.92. The lowest BCUT2D eigenvalue weighted by atomic mass is 9.91. The summed E-state index contributed by atoms with van der Waals surface area (Å²) in [5.41, 5.74) is 5.12. The van der Waals surface area contributed by atoms with Gasteiger partial charge >= 0.3 is 0 Å². The van der Waals surface area contributed by atoms with Gasteiger partial charge in [0, 0.05) is 24.3 Å². The molecule has 1 saturated heterocycles. The molecule has 2 heteroatoms. The molecule has 1 fully saturated rings. The van der Waals surface area contributed by atoms with Gasteiger partial charge in [-0.15, -0.1) is 0 Å². The van der Waals surface area contributed by atoms with E-state index in [2.05, 4.69) is 71.6 Å². The minimum Gasteiger partial charge on any atom is -0.489 e. The summed E-state index contributed by atoms with van der Waals surface area (Å²) in [4.78, 5) is 2.51. The van der Waals surface area contributed by atoms with E-state index >= 15 is 0 Å². The molecule has 0 bridgehead atoms. The molecule has 130 valence electrons. The van der Waals surface area contributed by atoms with Crippen LogP contribution >= 0.6 is 0 Å². The molecule has 0 atom stereocenters. The van der Waals surface area contributed by atoms with Crippen LogP contribution in [0.25, 0.3) is 16.3 Å². The second-order valence-corrected chi connectivity index (χ2v) is 7.18. The highest BCUT2D eigenvalue weighted by Crippen LogP contribution is 2.39. The maximum Gasteiger partial charge on any atom is 0.128 e. The van der Waals surface area contributed by atoms with Gasteiger partial charge in [-0.1, -0.05) is 42.5 Å². The molecule has 0 amide bonds. The SMILES string of the molecule is C1=C(c2ccc(N3CCCCC3)cc2)c2c(ccc3ccccc23)OC1. The number of benzene rings is 3. The van der Waals surface area contributed by atoms with Gasteiger partial charge in [-0.2, -0.15) is 0 Å². The van der Waals surface area contributed by atoms with Crippen molar-refractivity contribution in [1.29, 1.82) is 0 Å². The molecule has 2 aliphatic heterocycles. The monoisotopic (exact) mass is 341 g/mol. The first-order chi connectivity index (χ1) is 12.9. The van der Waals surface area contributed by atoms with E-state index in [1.807, 2.05) is 0 Å². The largest absolute Gasteiger partial charge is 0.489 e. The van der Waals surface area contributed by atoms with Gasteiger partial charge in [0.2, 0.25) is 0 Å². The molecule has 0 N–H and O–H groups in total.